The van der Waals surface area contributed by atoms with Crippen LogP contribution < -0.4 is 4.74 Å². The molecule has 0 spiro atoms. The predicted octanol–water partition coefficient (Wildman–Crippen LogP) is 2.34. The van der Waals surface area contributed by atoms with Crippen molar-refractivity contribution < 1.29 is 9.53 Å². The summed E-state index contributed by atoms with van der Waals surface area (Å²) in [5.41, 5.74) is 2.42. The Hall–Kier alpha value is -2.41. The van der Waals surface area contributed by atoms with Gasteiger partial charge >= 0.3 is 0 Å². The largest absolute Gasteiger partial charge is 0.496 e. The third-order valence-corrected chi connectivity index (χ3v) is 5.94. The van der Waals surface area contributed by atoms with Gasteiger partial charge < -0.3 is 14.2 Å². The second-order valence-corrected chi connectivity index (χ2v) is 7.84. The van der Waals surface area contributed by atoms with E-state index in [0.29, 0.717) is 0 Å². The average Bonchev–Trinajstić information content (AvgIpc) is 3.27. The minimum Gasteiger partial charge on any atom is -0.496 e. The van der Waals surface area contributed by atoms with Crippen molar-refractivity contribution in [2.45, 2.75) is 52.2 Å². The van der Waals surface area contributed by atoms with E-state index in [2.05, 4.69) is 44.8 Å². The molecule has 1 aromatic carbocycles. The number of benzene rings is 1. The Balaban J connectivity index is 1.49. The molecule has 28 heavy (non-hydrogen) atoms. The number of ether oxygens (including phenoxy) is 1. The maximum Gasteiger partial charge on any atom is 0.220 e. The Morgan fingerprint density at radius 3 is 2.86 bits per heavy atom. The second-order valence-electron chi connectivity index (χ2n) is 7.84. The Bertz CT molecular complexity index is 862. The number of likely N-dealkylation sites (tertiary alicyclic amines) is 1. The Morgan fingerprint density at radius 2 is 2.07 bits per heavy atom. The third kappa shape index (κ3) is 3.63. The van der Waals surface area contributed by atoms with E-state index in [1.807, 2.05) is 4.90 Å². The lowest BCUT2D eigenvalue weighted by atomic mass is 10.1. The van der Waals surface area contributed by atoms with Crippen molar-refractivity contribution >= 4 is 5.91 Å². The zero-order valence-corrected chi connectivity index (χ0v) is 17.0. The maximum absolute atomic E-state index is 12.0. The summed E-state index contributed by atoms with van der Waals surface area (Å²) in [5, 5.41) is 8.95. The van der Waals surface area contributed by atoms with Gasteiger partial charge in [0.25, 0.3) is 0 Å². The van der Waals surface area contributed by atoms with Gasteiger partial charge in [-0.05, 0) is 31.4 Å². The Morgan fingerprint density at radius 1 is 1.21 bits per heavy atom. The summed E-state index contributed by atoms with van der Waals surface area (Å²) in [6.07, 6.45) is 2.88. The smallest absolute Gasteiger partial charge is 0.220 e. The van der Waals surface area contributed by atoms with E-state index in [1.165, 1.54) is 11.1 Å². The molecule has 0 saturated carbocycles. The topological polar surface area (TPSA) is 63.5 Å². The molecule has 2 aliphatic heterocycles. The molecule has 2 aliphatic rings. The molecule has 0 radical (unpaired) electrons. The lowest BCUT2D eigenvalue weighted by Crippen LogP contribution is -2.31. The van der Waals surface area contributed by atoms with Gasteiger partial charge in [0.05, 0.1) is 13.2 Å². The molecule has 0 N–H and O–H groups in total. The van der Waals surface area contributed by atoms with Gasteiger partial charge in [-0.3, -0.25) is 9.69 Å². The van der Waals surface area contributed by atoms with Crippen LogP contribution in [-0.4, -0.2) is 57.2 Å². The molecule has 2 aromatic rings. The Kier molecular flexibility index (Phi) is 5.35. The molecule has 1 aromatic heterocycles. The zero-order chi connectivity index (χ0) is 19.7. The number of nitrogens with zero attached hydrogens (tertiary/aromatic N) is 5. The molecule has 0 unspecified atom stereocenters. The van der Waals surface area contributed by atoms with Crippen LogP contribution in [0.15, 0.2) is 18.2 Å². The molecular weight excluding hydrogens is 354 g/mol. The molecule has 150 valence electrons. The maximum atomic E-state index is 12.0. The van der Waals surface area contributed by atoms with Crippen LogP contribution in [0.25, 0.3) is 0 Å². The summed E-state index contributed by atoms with van der Waals surface area (Å²) in [6.45, 7) is 8.14. The van der Waals surface area contributed by atoms with Gasteiger partial charge in [0.2, 0.25) is 5.91 Å². The van der Waals surface area contributed by atoms with Gasteiger partial charge in [-0.25, -0.2) is 0 Å². The van der Waals surface area contributed by atoms with E-state index in [-0.39, 0.29) is 11.9 Å². The highest BCUT2D eigenvalue weighted by atomic mass is 16.5. The normalized spacial score (nSPS) is 20.1. The molecule has 7 nitrogen and oxygen atoms in total. The fourth-order valence-corrected chi connectivity index (χ4v) is 4.43. The number of methoxy groups -OCH3 is 1. The number of aryl methyl sites for hydroxylation is 1. The molecule has 1 atom stereocenters. The quantitative estimate of drug-likeness (QED) is 0.811. The molecule has 3 heterocycles. The highest BCUT2D eigenvalue weighted by Gasteiger charge is 2.33. The summed E-state index contributed by atoms with van der Waals surface area (Å²) < 4.78 is 7.82. The predicted molar refractivity (Wildman–Crippen MR) is 106 cm³/mol. The molecule has 1 fully saturated rings. The van der Waals surface area contributed by atoms with Gasteiger partial charge in [-0.2, -0.15) is 0 Å². The van der Waals surface area contributed by atoms with Crippen molar-refractivity contribution in [2.75, 3.05) is 26.7 Å². The van der Waals surface area contributed by atoms with Crippen LogP contribution >= 0.6 is 0 Å². The second kappa shape index (κ2) is 7.91. The number of amides is 1. The highest BCUT2D eigenvalue weighted by Crippen LogP contribution is 2.32. The van der Waals surface area contributed by atoms with Crippen LogP contribution in [0.5, 0.6) is 5.75 Å². The van der Waals surface area contributed by atoms with Gasteiger partial charge in [0, 0.05) is 51.6 Å². The number of hydrogen-bond acceptors (Lipinski definition) is 5. The van der Waals surface area contributed by atoms with E-state index < -0.39 is 0 Å². The zero-order valence-electron chi connectivity index (χ0n) is 17.0. The fourth-order valence-electron chi connectivity index (χ4n) is 4.43. The summed E-state index contributed by atoms with van der Waals surface area (Å²) >= 11 is 0. The van der Waals surface area contributed by atoms with Crippen LogP contribution in [0.2, 0.25) is 0 Å². The average molecular weight is 383 g/mol. The lowest BCUT2D eigenvalue weighted by molar-refractivity contribution is -0.129. The van der Waals surface area contributed by atoms with Gasteiger partial charge in [-0.15, -0.1) is 10.2 Å². The number of hydrogen-bond donors (Lipinski definition) is 0. The summed E-state index contributed by atoms with van der Waals surface area (Å²) in [5.74, 6) is 3.06. The molecule has 0 bridgehead atoms. The summed E-state index contributed by atoms with van der Waals surface area (Å²) in [7, 11) is 1.73. The number of aromatic nitrogens is 3. The van der Waals surface area contributed by atoms with E-state index in [9.17, 15) is 4.79 Å². The number of rotatable bonds is 4. The van der Waals surface area contributed by atoms with Gasteiger partial charge in [-0.1, -0.05) is 12.1 Å². The highest BCUT2D eigenvalue weighted by molar-refractivity contribution is 5.74. The van der Waals surface area contributed by atoms with Crippen molar-refractivity contribution in [1.82, 2.24) is 24.6 Å². The number of carbonyl (C=O) groups excluding carboxylic acids is 1. The molecule has 0 aliphatic carbocycles. The SMILES string of the molecule is COc1cc(C)ccc1CN1CCc2nnc([C@@H]3CCCN3C(C)=O)n2CC1. The van der Waals surface area contributed by atoms with Crippen molar-refractivity contribution in [2.24, 2.45) is 0 Å². The van der Waals surface area contributed by atoms with Gasteiger partial charge in [0.1, 0.15) is 11.6 Å². The van der Waals surface area contributed by atoms with E-state index in [4.69, 9.17) is 4.74 Å². The van der Waals surface area contributed by atoms with Crippen LogP contribution in [0.4, 0.5) is 0 Å². The van der Waals surface area contributed by atoms with E-state index in [0.717, 1.165) is 69.4 Å². The van der Waals surface area contributed by atoms with Crippen LogP contribution in [-0.2, 0) is 24.3 Å². The standard InChI is InChI=1S/C21H29N5O2/c1-15-6-7-17(19(13-15)28-3)14-24-10-8-20-22-23-21(26(20)12-11-24)18-5-4-9-25(18)16(2)27/h6-7,13,18H,4-5,8-12,14H2,1-3H3/t18-/m0/s1. The van der Waals surface area contributed by atoms with Crippen molar-refractivity contribution in [1.29, 1.82) is 0 Å². The first-order chi connectivity index (χ1) is 13.6. The Labute approximate surface area is 166 Å². The summed E-state index contributed by atoms with van der Waals surface area (Å²) in [4.78, 5) is 16.4. The lowest BCUT2D eigenvalue weighted by Gasteiger charge is -2.24. The first-order valence-corrected chi connectivity index (χ1v) is 10.1. The molecule has 7 heteroatoms. The van der Waals surface area contributed by atoms with Crippen molar-refractivity contribution in [3.63, 3.8) is 0 Å². The fraction of sp³-hybridized carbons (Fsp3) is 0.571. The minimum atomic E-state index is 0.0718. The molecule has 1 saturated heterocycles. The third-order valence-electron chi connectivity index (χ3n) is 5.94. The van der Waals surface area contributed by atoms with Crippen molar-refractivity contribution in [3.05, 3.63) is 41.0 Å². The number of carbonyl (C=O) groups is 1. The molecule has 4 rings (SSSR count). The van der Waals surface area contributed by atoms with Crippen LogP contribution in [0, 0.1) is 6.92 Å². The van der Waals surface area contributed by atoms with Crippen LogP contribution in [0.1, 0.15) is 48.6 Å². The van der Waals surface area contributed by atoms with E-state index in [1.54, 1.807) is 14.0 Å². The van der Waals surface area contributed by atoms with Gasteiger partial charge in [0.15, 0.2) is 5.82 Å². The minimum absolute atomic E-state index is 0.0718. The van der Waals surface area contributed by atoms with E-state index >= 15 is 0 Å². The molecular formula is C21H29N5O2. The monoisotopic (exact) mass is 383 g/mol. The first-order valence-electron chi connectivity index (χ1n) is 10.1. The summed E-state index contributed by atoms with van der Waals surface area (Å²) in [6, 6.07) is 6.46. The number of fused-ring (bicyclic) bond motifs is 1. The first kappa shape index (κ1) is 18.9. The van der Waals surface area contributed by atoms with Crippen LogP contribution in [0.3, 0.4) is 0 Å². The molecule has 1 amide bonds. The van der Waals surface area contributed by atoms with Crippen molar-refractivity contribution in [3.8, 4) is 5.75 Å².